The molecule has 0 saturated carbocycles. The van der Waals surface area contributed by atoms with E-state index in [1.165, 1.54) is 0 Å². The topological polar surface area (TPSA) is 47.1 Å². The average Bonchev–Trinajstić information content (AvgIpc) is 2.81. The van der Waals surface area contributed by atoms with E-state index in [9.17, 15) is 0 Å². The molecule has 2 aromatic rings. The van der Waals surface area contributed by atoms with Gasteiger partial charge in [0.25, 0.3) is 0 Å². The average molecular weight is 272 g/mol. The van der Waals surface area contributed by atoms with Gasteiger partial charge < -0.3 is 5.73 Å². The van der Waals surface area contributed by atoms with Gasteiger partial charge in [-0.1, -0.05) is 32.0 Å². The van der Waals surface area contributed by atoms with Crippen LogP contribution in [0.15, 0.2) is 36.4 Å². The van der Waals surface area contributed by atoms with Crippen LogP contribution < -0.4 is 5.73 Å². The molecule has 0 bridgehead atoms. The molecule has 0 spiro atoms. The van der Waals surface area contributed by atoms with Gasteiger partial charge in [0.2, 0.25) is 0 Å². The summed E-state index contributed by atoms with van der Waals surface area (Å²) < 4.78 is 1.81. The van der Waals surface area contributed by atoms with Crippen LogP contribution in [0.2, 0.25) is 0 Å². The summed E-state index contributed by atoms with van der Waals surface area (Å²) in [6.07, 6.45) is 2.32. The second-order valence-electron chi connectivity index (χ2n) is 5.08. The molecular weight excluding hydrogens is 248 g/mol. The van der Waals surface area contributed by atoms with E-state index in [-0.39, 0.29) is 0 Å². The predicted molar refractivity (Wildman–Crippen MR) is 83.8 cm³/mol. The summed E-state index contributed by atoms with van der Waals surface area (Å²) in [6.45, 7) is 7.49. The Morgan fingerprint density at radius 2 is 1.75 bits per heavy atom. The van der Waals surface area contributed by atoms with E-state index in [2.05, 4.69) is 23.8 Å². The molecule has 0 fully saturated rings. The molecule has 108 valence electrons. The summed E-state index contributed by atoms with van der Waals surface area (Å²) in [7, 11) is 0. The molecule has 1 heterocycles. The van der Waals surface area contributed by atoms with Gasteiger partial charge in [-0.15, -0.1) is 0 Å². The highest BCUT2D eigenvalue weighted by Crippen LogP contribution is 2.15. The maximum Gasteiger partial charge on any atom is 0.127 e. The smallest absolute Gasteiger partial charge is 0.127 e. The van der Waals surface area contributed by atoms with Crippen LogP contribution in [0.4, 0.5) is 5.82 Å². The molecule has 4 heteroatoms. The van der Waals surface area contributed by atoms with E-state index in [4.69, 9.17) is 5.73 Å². The highest BCUT2D eigenvalue weighted by Gasteiger charge is 2.10. The fraction of sp³-hybridized carbons (Fsp3) is 0.438. The zero-order chi connectivity index (χ0) is 14.4. The van der Waals surface area contributed by atoms with Crippen LogP contribution >= 0.6 is 0 Å². The number of benzene rings is 1. The molecule has 0 unspecified atom stereocenters. The van der Waals surface area contributed by atoms with Crippen molar-refractivity contribution in [1.29, 1.82) is 0 Å². The summed E-state index contributed by atoms with van der Waals surface area (Å²) in [5, 5.41) is 4.63. The first-order valence-electron chi connectivity index (χ1n) is 7.36. The third-order valence-corrected chi connectivity index (χ3v) is 3.25. The van der Waals surface area contributed by atoms with E-state index < -0.39 is 0 Å². The summed E-state index contributed by atoms with van der Waals surface area (Å²) in [5.74, 6) is 0.694. The Kier molecular flexibility index (Phi) is 5.18. The number of hydrogen-bond donors (Lipinski definition) is 1. The van der Waals surface area contributed by atoms with Crippen molar-refractivity contribution in [2.45, 2.75) is 33.2 Å². The summed E-state index contributed by atoms with van der Waals surface area (Å²) in [6, 6.07) is 12.0. The monoisotopic (exact) mass is 272 g/mol. The minimum Gasteiger partial charge on any atom is -0.384 e. The van der Waals surface area contributed by atoms with Crippen LogP contribution in [0.5, 0.6) is 0 Å². The minimum absolute atomic E-state index is 0.694. The van der Waals surface area contributed by atoms with Crippen molar-refractivity contribution < 1.29 is 0 Å². The molecule has 0 atom stereocenters. The van der Waals surface area contributed by atoms with Gasteiger partial charge in [-0.2, -0.15) is 5.10 Å². The summed E-state index contributed by atoms with van der Waals surface area (Å²) >= 11 is 0. The Morgan fingerprint density at radius 1 is 1.10 bits per heavy atom. The molecule has 0 aliphatic heterocycles. The number of aromatic nitrogens is 2. The standard InChI is InChI=1S/C16H24N4/c1-3-10-19(11-4-2)13-14-12-16(17)20(18-14)15-8-6-5-7-9-15/h5-9,12H,3-4,10-11,13,17H2,1-2H3. The van der Waals surface area contributed by atoms with E-state index >= 15 is 0 Å². The fourth-order valence-electron chi connectivity index (χ4n) is 2.43. The van der Waals surface area contributed by atoms with Crippen LogP contribution in [-0.4, -0.2) is 27.8 Å². The number of rotatable bonds is 7. The number of hydrogen-bond acceptors (Lipinski definition) is 3. The van der Waals surface area contributed by atoms with Crippen molar-refractivity contribution in [2.24, 2.45) is 0 Å². The summed E-state index contributed by atoms with van der Waals surface area (Å²) in [5.41, 5.74) is 8.12. The molecular formula is C16H24N4. The fourth-order valence-corrected chi connectivity index (χ4v) is 2.43. The zero-order valence-electron chi connectivity index (χ0n) is 12.4. The van der Waals surface area contributed by atoms with Gasteiger partial charge in [-0.25, -0.2) is 4.68 Å². The number of nitrogens with two attached hydrogens (primary N) is 1. The lowest BCUT2D eigenvalue weighted by molar-refractivity contribution is 0.263. The Labute approximate surface area is 121 Å². The van der Waals surface area contributed by atoms with Crippen molar-refractivity contribution in [3.8, 4) is 5.69 Å². The van der Waals surface area contributed by atoms with Crippen molar-refractivity contribution in [1.82, 2.24) is 14.7 Å². The van der Waals surface area contributed by atoms with Gasteiger partial charge in [0.1, 0.15) is 5.82 Å². The molecule has 0 aliphatic carbocycles. The van der Waals surface area contributed by atoms with Gasteiger partial charge in [-0.3, -0.25) is 4.90 Å². The lowest BCUT2D eigenvalue weighted by Gasteiger charge is -2.19. The predicted octanol–water partition coefficient (Wildman–Crippen LogP) is 3.08. The van der Waals surface area contributed by atoms with Crippen molar-refractivity contribution in [3.63, 3.8) is 0 Å². The molecule has 1 aromatic carbocycles. The van der Waals surface area contributed by atoms with Crippen LogP contribution in [0.25, 0.3) is 5.69 Å². The van der Waals surface area contributed by atoms with E-state index in [0.717, 1.165) is 43.9 Å². The molecule has 20 heavy (non-hydrogen) atoms. The van der Waals surface area contributed by atoms with Gasteiger partial charge >= 0.3 is 0 Å². The maximum atomic E-state index is 6.08. The minimum atomic E-state index is 0.694. The molecule has 0 radical (unpaired) electrons. The highest BCUT2D eigenvalue weighted by atomic mass is 15.3. The number of anilines is 1. The van der Waals surface area contributed by atoms with Gasteiger partial charge in [0, 0.05) is 12.6 Å². The van der Waals surface area contributed by atoms with Gasteiger partial charge in [0.05, 0.1) is 11.4 Å². The SMILES string of the molecule is CCCN(CCC)Cc1cc(N)n(-c2ccccc2)n1. The lowest BCUT2D eigenvalue weighted by Crippen LogP contribution is -2.25. The largest absolute Gasteiger partial charge is 0.384 e. The quantitative estimate of drug-likeness (QED) is 0.842. The van der Waals surface area contributed by atoms with Crippen molar-refractivity contribution in [2.75, 3.05) is 18.8 Å². The van der Waals surface area contributed by atoms with Crippen LogP contribution in [0.3, 0.4) is 0 Å². The van der Waals surface area contributed by atoms with Crippen LogP contribution in [0.1, 0.15) is 32.4 Å². The third-order valence-electron chi connectivity index (χ3n) is 3.25. The first-order valence-corrected chi connectivity index (χ1v) is 7.36. The zero-order valence-corrected chi connectivity index (χ0v) is 12.4. The van der Waals surface area contributed by atoms with E-state index in [1.807, 2.05) is 41.1 Å². The second-order valence-corrected chi connectivity index (χ2v) is 5.08. The first-order chi connectivity index (χ1) is 9.74. The van der Waals surface area contributed by atoms with Crippen LogP contribution in [-0.2, 0) is 6.54 Å². The molecule has 0 aliphatic rings. The van der Waals surface area contributed by atoms with Gasteiger partial charge in [0.15, 0.2) is 0 Å². The van der Waals surface area contributed by atoms with Gasteiger partial charge in [-0.05, 0) is 38.1 Å². The Hall–Kier alpha value is -1.81. The molecule has 4 nitrogen and oxygen atoms in total. The van der Waals surface area contributed by atoms with Crippen LogP contribution in [0, 0.1) is 0 Å². The molecule has 2 N–H and O–H groups in total. The Balaban J connectivity index is 2.14. The lowest BCUT2D eigenvalue weighted by atomic mass is 10.3. The maximum absolute atomic E-state index is 6.08. The Bertz CT molecular complexity index is 513. The Morgan fingerprint density at radius 3 is 2.35 bits per heavy atom. The number of nitrogen functional groups attached to an aromatic ring is 1. The number of nitrogens with zero attached hydrogens (tertiary/aromatic N) is 3. The first kappa shape index (κ1) is 14.6. The van der Waals surface area contributed by atoms with E-state index in [1.54, 1.807) is 0 Å². The normalized spacial score (nSPS) is 11.2. The van der Waals surface area contributed by atoms with Crippen molar-refractivity contribution >= 4 is 5.82 Å². The summed E-state index contributed by atoms with van der Waals surface area (Å²) in [4.78, 5) is 2.43. The molecule has 0 amide bonds. The third kappa shape index (κ3) is 3.61. The highest BCUT2D eigenvalue weighted by molar-refractivity contribution is 5.42. The second kappa shape index (κ2) is 7.10. The number of para-hydroxylation sites is 1. The van der Waals surface area contributed by atoms with Crippen molar-refractivity contribution in [3.05, 3.63) is 42.1 Å². The molecule has 0 saturated heterocycles. The molecule has 1 aromatic heterocycles. The van der Waals surface area contributed by atoms with E-state index in [0.29, 0.717) is 5.82 Å². The molecule has 2 rings (SSSR count).